The molecule has 2 heterocycles. The predicted octanol–water partition coefficient (Wildman–Crippen LogP) is 5.91. The summed E-state index contributed by atoms with van der Waals surface area (Å²) in [6, 6.07) is 14.0. The molecule has 8 nitrogen and oxygen atoms in total. The average molecular weight is 607 g/mol. The maximum absolute atomic E-state index is 13.3. The Morgan fingerprint density at radius 2 is 1.92 bits per heavy atom. The summed E-state index contributed by atoms with van der Waals surface area (Å²) in [5.41, 5.74) is 1.02. The second kappa shape index (κ2) is 9.79. The van der Waals surface area contributed by atoms with E-state index < -0.39 is 29.4 Å². The number of halogens is 3. The fourth-order valence-electron chi connectivity index (χ4n) is 5.41. The number of carbonyl (C=O) groups is 1. The molecule has 4 atom stereocenters. The molecule has 2 N–H and O–H groups in total. The van der Waals surface area contributed by atoms with Crippen LogP contribution >= 0.6 is 39.1 Å². The third-order valence-electron chi connectivity index (χ3n) is 6.99. The van der Waals surface area contributed by atoms with Crippen LogP contribution in [-0.4, -0.2) is 30.0 Å². The van der Waals surface area contributed by atoms with E-state index in [-0.39, 0.29) is 11.5 Å². The van der Waals surface area contributed by atoms with Gasteiger partial charge in [-0.1, -0.05) is 47.5 Å². The van der Waals surface area contributed by atoms with Crippen molar-refractivity contribution in [1.29, 1.82) is 0 Å². The van der Waals surface area contributed by atoms with E-state index in [1.165, 1.54) is 7.11 Å². The number of fused-ring (bicyclic) bond motifs is 2. The molecule has 5 rings (SSSR count). The first-order valence-electron chi connectivity index (χ1n) is 11.4. The number of hydrogen-bond donors (Lipinski definition) is 2. The van der Waals surface area contributed by atoms with Crippen LogP contribution < -0.4 is 20.1 Å². The van der Waals surface area contributed by atoms with E-state index in [1.54, 1.807) is 54.6 Å². The minimum atomic E-state index is -1.50. The molecule has 0 bridgehead atoms. The van der Waals surface area contributed by atoms with Crippen molar-refractivity contribution < 1.29 is 19.2 Å². The Bertz CT molecular complexity index is 1420. The Kier molecular flexibility index (Phi) is 6.83. The number of anilines is 1. The van der Waals surface area contributed by atoms with Crippen LogP contribution in [0.1, 0.15) is 29.5 Å². The molecular weight excluding hydrogens is 585 g/mol. The van der Waals surface area contributed by atoms with Crippen molar-refractivity contribution in [1.82, 2.24) is 5.32 Å². The Labute approximate surface area is 231 Å². The number of methoxy groups -OCH3 is 1. The van der Waals surface area contributed by atoms with Gasteiger partial charge in [0.05, 0.1) is 17.5 Å². The Hall–Kier alpha value is -2.85. The smallest absolute Gasteiger partial charge is 0.256 e. The van der Waals surface area contributed by atoms with Gasteiger partial charge in [-0.15, -0.1) is 0 Å². The Balaban J connectivity index is 1.53. The van der Waals surface area contributed by atoms with E-state index in [0.717, 1.165) is 5.56 Å². The lowest BCUT2D eigenvalue weighted by Crippen LogP contribution is -2.54. The van der Waals surface area contributed by atoms with Gasteiger partial charge >= 0.3 is 0 Å². The number of rotatable bonds is 6. The first-order valence-corrected chi connectivity index (χ1v) is 13.0. The highest BCUT2D eigenvalue weighted by Gasteiger charge is 2.67. The normalized spacial score (nSPS) is 24.1. The highest BCUT2D eigenvalue weighted by atomic mass is 79.9. The minimum Gasteiger partial charge on any atom is -0.493 e. The quantitative estimate of drug-likeness (QED) is 0.267. The second-order valence-corrected chi connectivity index (χ2v) is 10.8. The number of nitrogens with zero attached hydrogens (tertiary/aromatic N) is 1. The monoisotopic (exact) mass is 605 g/mol. The summed E-state index contributed by atoms with van der Waals surface area (Å²) in [6.45, 7) is 2.00. The largest absolute Gasteiger partial charge is 0.493 e. The maximum Gasteiger partial charge on any atom is 0.256 e. The van der Waals surface area contributed by atoms with Gasteiger partial charge in [-0.05, 0) is 58.7 Å². The van der Waals surface area contributed by atoms with Crippen molar-refractivity contribution in [3.8, 4) is 11.5 Å². The number of benzene rings is 3. The summed E-state index contributed by atoms with van der Waals surface area (Å²) in [5.74, 6) is -0.263. The molecule has 11 heteroatoms. The number of nitrogens with one attached hydrogen (secondary N) is 2. The molecule has 0 aliphatic carbocycles. The average Bonchev–Trinajstić information content (AvgIpc) is 3.32. The number of carbonyl (C=O) groups excluding carboxylic acids is 1. The molecule has 1 spiro atoms. The fraction of sp³-hybridized carbons (Fsp3) is 0.269. The zero-order chi connectivity index (χ0) is 26.5. The van der Waals surface area contributed by atoms with E-state index >= 15 is 0 Å². The van der Waals surface area contributed by atoms with Gasteiger partial charge in [0.15, 0.2) is 17.0 Å². The molecule has 1 saturated heterocycles. The van der Waals surface area contributed by atoms with E-state index in [0.29, 0.717) is 42.8 Å². The van der Waals surface area contributed by atoms with Crippen LogP contribution in [0.15, 0.2) is 59.1 Å². The van der Waals surface area contributed by atoms with Gasteiger partial charge in [0.1, 0.15) is 6.61 Å². The molecule has 37 heavy (non-hydrogen) atoms. The van der Waals surface area contributed by atoms with Crippen molar-refractivity contribution in [3.05, 3.63) is 95.9 Å². The zero-order valence-electron chi connectivity index (χ0n) is 19.8. The topological polar surface area (TPSA) is 103 Å². The standard InChI is InChI=1S/C26H22BrCl2N3O5/c1-13-22(24(32(34)35)26(31-13)17-5-3-4-6-20(17)30-25(26)33)15-9-18(27)23(21(10-15)36-2)37-12-14-7-8-16(28)11-19(14)29/h3-11,13,22,24,31H,12H2,1-2H3,(H,30,33)/t13-,22-,24+,26-/m0/s1. The van der Waals surface area contributed by atoms with Crippen LogP contribution in [0.25, 0.3) is 0 Å². The van der Waals surface area contributed by atoms with Crippen LogP contribution in [0.3, 0.4) is 0 Å². The van der Waals surface area contributed by atoms with Gasteiger partial charge in [0.2, 0.25) is 0 Å². The van der Waals surface area contributed by atoms with Crippen molar-refractivity contribution in [2.75, 3.05) is 12.4 Å². The van der Waals surface area contributed by atoms with Crippen LogP contribution in [0, 0.1) is 10.1 Å². The summed E-state index contributed by atoms with van der Waals surface area (Å²) in [5, 5.41) is 19.6. The van der Waals surface area contributed by atoms with Crippen LogP contribution in [0.2, 0.25) is 10.0 Å². The van der Waals surface area contributed by atoms with Crippen molar-refractivity contribution in [3.63, 3.8) is 0 Å². The van der Waals surface area contributed by atoms with E-state index in [9.17, 15) is 14.9 Å². The Morgan fingerprint density at radius 1 is 1.16 bits per heavy atom. The van der Waals surface area contributed by atoms with Crippen LogP contribution in [-0.2, 0) is 16.9 Å². The molecule has 2 aliphatic rings. The van der Waals surface area contributed by atoms with Crippen molar-refractivity contribution >= 4 is 50.7 Å². The van der Waals surface area contributed by atoms with E-state index in [2.05, 4.69) is 26.6 Å². The molecule has 192 valence electrons. The van der Waals surface area contributed by atoms with Crippen LogP contribution in [0.4, 0.5) is 5.69 Å². The molecule has 3 aromatic rings. The first-order chi connectivity index (χ1) is 17.7. The highest BCUT2D eigenvalue weighted by molar-refractivity contribution is 9.10. The van der Waals surface area contributed by atoms with Gasteiger partial charge in [-0.2, -0.15) is 0 Å². The lowest BCUT2D eigenvalue weighted by atomic mass is 9.78. The summed E-state index contributed by atoms with van der Waals surface area (Å²) >= 11 is 15.8. The van der Waals surface area contributed by atoms with Crippen molar-refractivity contribution in [2.45, 2.75) is 37.1 Å². The van der Waals surface area contributed by atoms with Gasteiger partial charge < -0.3 is 14.8 Å². The first kappa shape index (κ1) is 25.8. The Morgan fingerprint density at radius 3 is 2.62 bits per heavy atom. The number of para-hydroxylation sites is 1. The number of amides is 1. The second-order valence-electron chi connectivity index (χ2n) is 9.06. The summed E-state index contributed by atoms with van der Waals surface area (Å²) < 4.78 is 12.2. The molecule has 1 amide bonds. The predicted molar refractivity (Wildman–Crippen MR) is 144 cm³/mol. The number of hydrogen-bond acceptors (Lipinski definition) is 6. The zero-order valence-corrected chi connectivity index (χ0v) is 22.9. The SMILES string of the molecule is COc1cc([C@@H]2[C@H](C)N[C@]3(C(=O)Nc4ccccc43)[C@@H]2[N+](=O)[O-])cc(Br)c1OCc1ccc(Cl)cc1Cl. The molecule has 0 saturated carbocycles. The van der Waals surface area contributed by atoms with Gasteiger partial charge in [0.25, 0.3) is 11.9 Å². The summed E-state index contributed by atoms with van der Waals surface area (Å²) in [4.78, 5) is 25.5. The molecular formula is C26H22BrCl2N3O5. The van der Waals surface area contributed by atoms with E-state index in [4.69, 9.17) is 32.7 Å². The van der Waals surface area contributed by atoms with Crippen molar-refractivity contribution in [2.24, 2.45) is 0 Å². The van der Waals surface area contributed by atoms with Gasteiger partial charge in [0, 0.05) is 37.8 Å². The molecule has 3 aromatic carbocycles. The fourth-order valence-corrected chi connectivity index (χ4v) is 6.45. The molecule has 1 fully saturated rings. The number of ether oxygens (including phenoxy) is 2. The van der Waals surface area contributed by atoms with Crippen LogP contribution in [0.5, 0.6) is 11.5 Å². The lowest BCUT2D eigenvalue weighted by Gasteiger charge is -2.25. The summed E-state index contributed by atoms with van der Waals surface area (Å²) in [7, 11) is 1.50. The maximum atomic E-state index is 13.3. The minimum absolute atomic E-state index is 0.156. The highest BCUT2D eigenvalue weighted by Crippen LogP contribution is 2.51. The summed E-state index contributed by atoms with van der Waals surface area (Å²) in [6.07, 6.45) is 0. The third kappa shape index (κ3) is 4.24. The number of nitro groups is 1. The molecule has 0 aromatic heterocycles. The third-order valence-corrected chi connectivity index (χ3v) is 8.16. The lowest BCUT2D eigenvalue weighted by molar-refractivity contribution is -0.532. The molecule has 0 unspecified atom stereocenters. The van der Waals surface area contributed by atoms with Gasteiger partial charge in [-0.3, -0.25) is 20.2 Å². The van der Waals surface area contributed by atoms with Gasteiger partial charge in [-0.25, -0.2) is 0 Å². The van der Waals surface area contributed by atoms with E-state index in [1.807, 2.05) is 6.92 Å². The molecule has 2 aliphatic heterocycles. The molecule has 0 radical (unpaired) electrons.